The molecule has 0 saturated carbocycles. The molecule has 0 atom stereocenters. The molecular formula is C17H13BrN4O. The van der Waals surface area contributed by atoms with Crippen LogP contribution in [-0.4, -0.2) is 12.1 Å². The van der Waals surface area contributed by atoms with E-state index >= 15 is 0 Å². The van der Waals surface area contributed by atoms with Crippen LogP contribution in [0.15, 0.2) is 40.9 Å². The number of nitrogens with zero attached hydrogens (tertiary/aromatic N) is 2. The van der Waals surface area contributed by atoms with Gasteiger partial charge in [-0.05, 0) is 23.8 Å². The Morgan fingerprint density at radius 3 is 2.65 bits per heavy atom. The highest BCUT2D eigenvalue weighted by Gasteiger charge is 2.17. The quantitative estimate of drug-likeness (QED) is 0.671. The second-order valence-corrected chi connectivity index (χ2v) is 5.90. The second-order valence-electron chi connectivity index (χ2n) is 4.98. The number of nitrogen functional groups attached to an aromatic ring is 2. The zero-order valence-electron chi connectivity index (χ0n) is 12.3. The first kappa shape index (κ1) is 15.1. The number of methoxy groups -OCH3 is 1. The van der Waals surface area contributed by atoms with Crippen LogP contribution in [0.25, 0.3) is 22.0 Å². The Hall–Kier alpha value is -2.78. The minimum Gasteiger partial charge on any atom is -0.495 e. The summed E-state index contributed by atoms with van der Waals surface area (Å²) in [7, 11) is 1.54. The topological polar surface area (TPSA) is 98.0 Å². The van der Waals surface area contributed by atoms with Crippen LogP contribution >= 0.6 is 15.9 Å². The first-order valence-corrected chi connectivity index (χ1v) is 7.57. The fraction of sp³-hybridized carbons (Fsp3) is 0.0588. The maximum Gasteiger partial charge on any atom is 0.143 e. The van der Waals surface area contributed by atoms with Crippen molar-refractivity contribution in [3.63, 3.8) is 0 Å². The van der Waals surface area contributed by atoms with Gasteiger partial charge in [0.2, 0.25) is 0 Å². The largest absolute Gasteiger partial charge is 0.495 e. The number of halogens is 1. The van der Waals surface area contributed by atoms with Crippen molar-refractivity contribution in [3.05, 3.63) is 46.4 Å². The number of hydrogen-bond donors (Lipinski definition) is 2. The Morgan fingerprint density at radius 2 is 2.00 bits per heavy atom. The molecule has 0 aliphatic rings. The Kier molecular flexibility index (Phi) is 3.80. The van der Waals surface area contributed by atoms with E-state index in [0.717, 1.165) is 15.4 Å². The molecule has 2 aromatic carbocycles. The molecule has 0 bridgehead atoms. The third-order valence-corrected chi connectivity index (χ3v) is 4.08. The standard InChI is InChI=1S/C17H13BrN4O/c1-23-15-7-14-11(6-13(15)20)16(12(8-19)17(21)22-14)9-3-2-4-10(18)5-9/h2-7H,20H2,1H3,(H2,21,22). The predicted molar refractivity (Wildman–Crippen MR) is 95.0 cm³/mol. The molecule has 5 nitrogen and oxygen atoms in total. The van der Waals surface area contributed by atoms with Crippen molar-refractivity contribution in [2.45, 2.75) is 0 Å². The number of fused-ring (bicyclic) bond motifs is 1. The van der Waals surface area contributed by atoms with Crippen molar-refractivity contribution in [1.82, 2.24) is 4.98 Å². The van der Waals surface area contributed by atoms with Gasteiger partial charge in [-0.1, -0.05) is 28.1 Å². The third kappa shape index (κ3) is 2.56. The Morgan fingerprint density at radius 1 is 1.22 bits per heavy atom. The summed E-state index contributed by atoms with van der Waals surface area (Å²) in [6.45, 7) is 0. The molecule has 114 valence electrons. The van der Waals surface area contributed by atoms with E-state index in [1.54, 1.807) is 19.2 Å². The SMILES string of the molecule is COc1cc2nc(N)c(C#N)c(-c3cccc(Br)c3)c2cc1N. The van der Waals surface area contributed by atoms with Crippen LogP contribution in [-0.2, 0) is 0 Å². The average Bonchev–Trinajstić information content (AvgIpc) is 2.53. The normalized spacial score (nSPS) is 10.5. The summed E-state index contributed by atoms with van der Waals surface area (Å²) in [6.07, 6.45) is 0. The molecule has 4 N–H and O–H groups in total. The van der Waals surface area contributed by atoms with Gasteiger partial charge in [-0.25, -0.2) is 4.98 Å². The fourth-order valence-corrected chi connectivity index (χ4v) is 2.96. The van der Waals surface area contributed by atoms with Gasteiger partial charge < -0.3 is 16.2 Å². The molecule has 3 rings (SSSR count). The number of benzene rings is 2. The smallest absolute Gasteiger partial charge is 0.143 e. The van der Waals surface area contributed by atoms with E-state index < -0.39 is 0 Å². The molecule has 0 amide bonds. The Balaban J connectivity index is 2.47. The first-order valence-electron chi connectivity index (χ1n) is 6.78. The van der Waals surface area contributed by atoms with Crippen LogP contribution < -0.4 is 16.2 Å². The summed E-state index contributed by atoms with van der Waals surface area (Å²) >= 11 is 3.45. The number of pyridine rings is 1. The maximum absolute atomic E-state index is 9.52. The number of anilines is 2. The molecule has 0 unspecified atom stereocenters. The molecule has 0 aliphatic carbocycles. The summed E-state index contributed by atoms with van der Waals surface area (Å²) in [4.78, 5) is 4.31. The van der Waals surface area contributed by atoms with Gasteiger partial charge in [0.1, 0.15) is 23.2 Å². The lowest BCUT2D eigenvalue weighted by Gasteiger charge is -2.13. The zero-order valence-corrected chi connectivity index (χ0v) is 13.9. The van der Waals surface area contributed by atoms with E-state index in [1.807, 2.05) is 24.3 Å². The molecule has 0 radical (unpaired) electrons. The lowest BCUT2D eigenvalue weighted by molar-refractivity contribution is 0.417. The molecule has 23 heavy (non-hydrogen) atoms. The van der Waals surface area contributed by atoms with Gasteiger partial charge in [-0.15, -0.1) is 0 Å². The lowest BCUT2D eigenvalue weighted by Crippen LogP contribution is -2.01. The first-order chi connectivity index (χ1) is 11.0. The molecule has 0 spiro atoms. The summed E-state index contributed by atoms with van der Waals surface area (Å²) in [6, 6.07) is 13.3. The number of nitriles is 1. The highest BCUT2D eigenvalue weighted by Crippen LogP contribution is 2.38. The Labute approximate surface area is 141 Å². The van der Waals surface area contributed by atoms with Crippen molar-refractivity contribution >= 4 is 38.3 Å². The molecule has 1 aromatic heterocycles. The van der Waals surface area contributed by atoms with Gasteiger partial charge in [0, 0.05) is 21.5 Å². The molecule has 6 heteroatoms. The minimum absolute atomic E-state index is 0.182. The maximum atomic E-state index is 9.52. The van der Waals surface area contributed by atoms with Crippen molar-refractivity contribution in [1.29, 1.82) is 5.26 Å². The van der Waals surface area contributed by atoms with Crippen LogP contribution in [0.2, 0.25) is 0 Å². The summed E-state index contributed by atoms with van der Waals surface area (Å²) in [5.74, 6) is 0.705. The van der Waals surface area contributed by atoms with Crippen molar-refractivity contribution in [3.8, 4) is 22.9 Å². The molecule has 0 aliphatic heterocycles. The number of nitrogens with two attached hydrogens (primary N) is 2. The van der Waals surface area contributed by atoms with E-state index in [9.17, 15) is 5.26 Å². The van der Waals surface area contributed by atoms with E-state index in [0.29, 0.717) is 28.1 Å². The average molecular weight is 369 g/mol. The van der Waals surface area contributed by atoms with Crippen molar-refractivity contribution in [2.24, 2.45) is 0 Å². The van der Waals surface area contributed by atoms with E-state index in [2.05, 4.69) is 27.0 Å². The fourth-order valence-electron chi connectivity index (χ4n) is 2.56. The monoisotopic (exact) mass is 368 g/mol. The van der Waals surface area contributed by atoms with Crippen LogP contribution in [0.3, 0.4) is 0 Å². The second kappa shape index (κ2) is 5.78. The molecule has 0 fully saturated rings. The van der Waals surface area contributed by atoms with Gasteiger partial charge >= 0.3 is 0 Å². The van der Waals surface area contributed by atoms with Crippen LogP contribution in [0.5, 0.6) is 5.75 Å². The van der Waals surface area contributed by atoms with Gasteiger partial charge in [0.25, 0.3) is 0 Å². The molecule has 3 aromatic rings. The highest BCUT2D eigenvalue weighted by molar-refractivity contribution is 9.10. The van der Waals surface area contributed by atoms with Gasteiger partial charge in [-0.2, -0.15) is 5.26 Å². The summed E-state index contributed by atoms with van der Waals surface area (Å²) in [5.41, 5.74) is 15.0. The number of ether oxygens (including phenoxy) is 1. The van der Waals surface area contributed by atoms with E-state index in [-0.39, 0.29) is 5.82 Å². The van der Waals surface area contributed by atoms with Gasteiger partial charge in [-0.3, -0.25) is 0 Å². The van der Waals surface area contributed by atoms with Crippen molar-refractivity contribution < 1.29 is 4.74 Å². The van der Waals surface area contributed by atoms with E-state index in [4.69, 9.17) is 16.2 Å². The van der Waals surface area contributed by atoms with Gasteiger partial charge in [0.05, 0.1) is 18.3 Å². The summed E-state index contributed by atoms with van der Waals surface area (Å²) < 4.78 is 6.14. The van der Waals surface area contributed by atoms with Crippen LogP contribution in [0, 0.1) is 11.3 Å². The van der Waals surface area contributed by atoms with Crippen molar-refractivity contribution in [2.75, 3.05) is 18.6 Å². The Bertz CT molecular complexity index is 958. The van der Waals surface area contributed by atoms with Crippen LogP contribution in [0.4, 0.5) is 11.5 Å². The van der Waals surface area contributed by atoms with E-state index in [1.165, 1.54) is 0 Å². The molecule has 1 heterocycles. The molecule has 0 saturated heterocycles. The zero-order chi connectivity index (χ0) is 16.6. The lowest BCUT2D eigenvalue weighted by atomic mass is 9.95. The summed E-state index contributed by atoms with van der Waals surface area (Å²) in [5, 5.41) is 10.3. The minimum atomic E-state index is 0.182. The third-order valence-electron chi connectivity index (χ3n) is 3.59. The number of rotatable bonds is 2. The predicted octanol–water partition coefficient (Wildman–Crippen LogP) is 3.71. The molecular weight excluding hydrogens is 356 g/mol. The van der Waals surface area contributed by atoms with Gasteiger partial charge in [0.15, 0.2) is 0 Å². The van der Waals surface area contributed by atoms with Crippen LogP contribution in [0.1, 0.15) is 5.56 Å². The number of hydrogen-bond acceptors (Lipinski definition) is 5. The highest BCUT2D eigenvalue weighted by atomic mass is 79.9. The number of aromatic nitrogens is 1.